The quantitative estimate of drug-likeness (QED) is 0.472. The normalized spacial score (nSPS) is 15.3. The van der Waals surface area contributed by atoms with Gasteiger partial charge in [0.2, 0.25) is 0 Å². The highest BCUT2D eigenvalue weighted by Crippen LogP contribution is 2.05. The van der Waals surface area contributed by atoms with Crippen LogP contribution in [0.3, 0.4) is 0 Å². The summed E-state index contributed by atoms with van der Waals surface area (Å²) in [6.45, 7) is 7.96. The lowest BCUT2D eigenvalue weighted by atomic mass is 10.1. The number of carbonyl (C=O) groups excluding carboxylic acids is 1. The molecule has 3 nitrogen and oxygen atoms in total. The van der Waals surface area contributed by atoms with Crippen molar-refractivity contribution < 1.29 is 14.3 Å². The average molecular weight is 174 g/mol. The molecular weight excluding hydrogens is 156 g/mol. The zero-order chi connectivity index (χ0) is 9.56. The van der Waals surface area contributed by atoms with Crippen molar-refractivity contribution in [2.45, 2.75) is 40.4 Å². The summed E-state index contributed by atoms with van der Waals surface area (Å²) < 4.78 is 10.0. The first-order chi connectivity index (χ1) is 5.61. The Bertz CT molecular complexity index is 134. The number of hydrogen-bond donors (Lipinski definition) is 0. The Hall–Kier alpha value is -0.570. The Balaban J connectivity index is 3.67. The SMILES string of the molecule is CCOC(C)OC(=O)C(C)CC. The van der Waals surface area contributed by atoms with Gasteiger partial charge in [0.25, 0.3) is 0 Å². The van der Waals surface area contributed by atoms with Gasteiger partial charge in [-0.1, -0.05) is 13.8 Å². The summed E-state index contributed by atoms with van der Waals surface area (Å²) in [5, 5.41) is 0. The van der Waals surface area contributed by atoms with Gasteiger partial charge in [0.1, 0.15) is 0 Å². The van der Waals surface area contributed by atoms with Gasteiger partial charge in [-0.05, 0) is 20.3 Å². The first-order valence-corrected chi connectivity index (χ1v) is 4.43. The molecule has 0 radical (unpaired) electrons. The van der Waals surface area contributed by atoms with Crippen molar-refractivity contribution in [2.75, 3.05) is 6.61 Å². The van der Waals surface area contributed by atoms with Gasteiger partial charge < -0.3 is 9.47 Å². The highest BCUT2D eigenvalue weighted by Gasteiger charge is 2.14. The molecule has 12 heavy (non-hydrogen) atoms. The summed E-state index contributed by atoms with van der Waals surface area (Å²) in [6, 6.07) is 0. The van der Waals surface area contributed by atoms with E-state index >= 15 is 0 Å². The van der Waals surface area contributed by atoms with E-state index in [-0.39, 0.29) is 11.9 Å². The molecule has 0 spiro atoms. The molecular formula is C9H18O3. The molecule has 2 atom stereocenters. The van der Waals surface area contributed by atoms with Crippen molar-refractivity contribution in [1.82, 2.24) is 0 Å². The van der Waals surface area contributed by atoms with E-state index < -0.39 is 6.29 Å². The standard InChI is InChI=1S/C9H18O3/c1-5-7(3)9(10)12-8(4)11-6-2/h7-8H,5-6H2,1-4H3. The lowest BCUT2D eigenvalue weighted by Crippen LogP contribution is -2.22. The van der Waals surface area contributed by atoms with E-state index in [1.54, 1.807) is 6.92 Å². The fourth-order valence-corrected chi connectivity index (χ4v) is 0.715. The van der Waals surface area contributed by atoms with Crippen molar-refractivity contribution >= 4 is 5.97 Å². The first-order valence-electron chi connectivity index (χ1n) is 4.43. The highest BCUT2D eigenvalue weighted by atomic mass is 16.7. The number of ether oxygens (including phenoxy) is 2. The van der Waals surface area contributed by atoms with Crippen LogP contribution in [0, 0.1) is 5.92 Å². The van der Waals surface area contributed by atoms with Crippen molar-refractivity contribution in [2.24, 2.45) is 5.92 Å². The molecule has 0 fully saturated rings. The van der Waals surface area contributed by atoms with E-state index in [0.717, 1.165) is 6.42 Å². The predicted octanol–water partition coefficient (Wildman–Crippen LogP) is 1.96. The molecule has 0 aromatic heterocycles. The zero-order valence-corrected chi connectivity index (χ0v) is 8.29. The van der Waals surface area contributed by atoms with Crippen LogP contribution in [0.5, 0.6) is 0 Å². The third-order valence-electron chi connectivity index (χ3n) is 1.70. The van der Waals surface area contributed by atoms with Crippen LogP contribution < -0.4 is 0 Å². The van der Waals surface area contributed by atoms with Crippen LogP contribution in [0.15, 0.2) is 0 Å². The fourth-order valence-electron chi connectivity index (χ4n) is 0.715. The summed E-state index contributed by atoms with van der Waals surface area (Å²) >= 11 is 0. The topological polar surface area (TPSA) is 35.5 Å². The van der Waals surface area contributed by atoms with Gasteiger partial charge >= 0.3 is 5.97 Å². The predicted molar refractivity (Wildman–Crippen MR) is 46.6 cm³/mol. The number of carbonyl (C=O) groups is 1. The molecule has 3 heteroatoms. The Morgan fingerprint density at radius 2 is 1.92 bits per heavy atom. The van der Waals surface area contributed by atoms with Gasteiger partial charge in [0, 0.05) is 6.61 Å². The van der Waals surface area contributed by atoms with E-state index in [1.165, 1.54) is 0 Å². The van der Waals surface area contributed by atoms with Crippen LogP contribution in [0.1, 0.15) is 34.1 Å². The minimum Gasteiger partial charge on any atom is -0.436 e. The molecule has 0 N–H and O–H groups in total. The lowest BCUT2D eigenvalue weighted by Gasteiger charge is -2.15. The Morgan fingerprint density at radius 1 is 1.33 bits per heavy atom. The molecule has 0 aliphatic heterocycles. The van der Waals surface area contributed by atoms with Crippen LogP contribution in [0.25, 0.3) is 0 Å². The monoisotopic (exact) mass is 174 g/mol. The highest BCUT2D eigenvalue weighted by molar-refractivity contribution is 5.71. The molecule has 0 bridgehead atoms. The largest absolute Gasteiger partial charge is 0.436 e. The third kappa shape index (κ3) is 4.34. The van der Waals surface area contributed by atoms with Crippen LogP contribution in [0.2, 0.25) is 0 Å². The van der Waals surface area contributed by atoms with Crippen molar-refractivity contribution in [3.05, 3.63) is 0 Å². The van der Waals surface area contributed by atoms with Crippen molar-refractivity contribution in [1.29, 1.82) is 0 Å². The minimum absolute atomic E-state index is 0.0343. The van der Waals surface area contributed by atoms with Crippen molar-refractivity contribution in [3.8, 4) is 0 Å². The summed E-state index contributed by atoms with van der Waals surface area (Å²) in [5.74, 6) is -0.216. The second kappa shape index (κ2) is 6.00. The number of esters is 1. The zero-order valence-electron chi connectivity index (χ0n) is 8.29. The molecule has 0 saturated carbocycles. The van der Waals surface area contributed by atoms with Gasteiger partial charge in [-0.3, -0.25) is 4.79 Å². The molecule has 0 aromatic rings. The van der Waals surface area contributed by atoms with E-state index in [1.807, 2.05) is 20.8 Å². The third-order valence-corrected chi connectivity index (χ3v) is 1.70. The number of rotatable bonds is 5. The molecule has 72 valence electrons. The molecule has 0 rings (SSSR count). The Kier molecular flexibility index (Phi) is 5.72. The van der Waals surface area contributed by atoms with Gasteiger partial charge in [0.05, 0.1) is 5.92 Å². The lowest BCUT2D eigenvalue weighted by molar-refractivity contribution is -0.178. The van der Waals surface area contributed by atoms with Crippen LogP contribution >= 0.6 is 0 Å². The van der Waals surface area contributed by atoms with E-state index in [0.29, 0.717) is 6.61 Å². The summed E-state index contributed by atoms with van der Waals surface area (Å²) in [4.78, 5) is 11.2. The van der Waals surface area contributed by atoms with Crippen LogP contribution in [-0.4, -0.2) is 18.9 Å². The minimum atomic E-state index is -0.420. The van der Waals surface area contributed by atoms with Gasteiger partial charge in [-0.25, -0.2) is 0 Å². The summed E-state index contributed by atoms with van der Waals surface area (Å²) in [5.41, 5.74) is 0. The number of hydrogen-bond acceptors (Lipinski definition) is 3. The summed E-state index contributed by atoms with van der Waals surface area (Å²) in [7, 11) is 0. The van der Waals surface area contributed by atoms with Crippen molar-refractivity contribution in [3.63, 3.8) is 0 Å². The maximum Gasteiger partial charge on any atom is 0.310 e. The molecule has 0 heterocycles. The smallest absolute Gasteiger partial charge is 0.310 e. The molecule has 2 unspecified atom stereocenters. The van der Waals surface area contributed by atoms with Crippen LogP contribution in [-0.2, 0) is 14.3 Å². The molecule has 0 aliphatic rings. The second-order valence-corrected chi connectivity index (χ2v) is 2.77. The first kappa shape index (κ1) is 11.4. The van der Waals surface area contributed by atoms with Gasteiger partial charge in [-0.2, -0.15) is 0 Å². The van der Waals surface area contributed by atoms with Crippen LogP contribution in [0.4, 0.5) is 0 Å². The Morgan fingerprint density at radius 3 is 2.33 bits per heavy atom. The van der Waals surface area contributed by atoms with Gasteiger partial charge in [-0.15, -0.1) is 0 Å². The maximum atomic E-state index is 11.2. The molecule has 0 saturated heterocycles. The molecule has 0 aliphatic carbocycles. The molecule has 0 amide bonds. The van der Waals surface area contributed by atoms with E-state index in [2.05, 4.69) is 0 Å². The second-order valence-electron chi connectivity index (χ2n) is 2.77. The maximum absolute atomic E-state index is 11.2. The Labute approximate surface area is 74.0 Å². The fraction of sp³-hybridized carbons (Fsp3) is 0.889. The summed E-state index contributed by atoms with van der Waals surface area (Å²) in [6.07, 6.45) is 0.383. The van der Waals surface area contributed by atoms with E-state index in [9.17, 15) is 4.79 Å². The average Bonchev–Trinajstić information content (AvgIpc) is 2.03. The van der Waals surface area contributed by atoms with Gasteiger partial charge in [0.15, 0.2) is 6.29 Å². The van der Waals surface area contributed by atoms with E-state index in [4.69, 9.17) is 9.47 Å². The molecule has 0 aromatic carbocycles.